The molecule has 0 radical (unpaired) electrons. The molecule has 0 spiro atoms. The SMILES string of the molecule is C/C=C\C[C@@H](C)[C@@H](O)[C@H]1C(=O)CCC1C. The zero-order chi connectivity index (χ0) is 11.4. The van der Waals surface area contributed by atoms with Crippen LogP contribution in [-0.4, -0.2) is 17.0 Å². The molecule has 1 saturated carbocycles. The van der Waals surface area contributed by atoms with Gasteiger partial charge in [-0.1, -0.05) is 26.0 Å². The summed E-state index contributed by atoms with van der Waals surface area (Å²) in [7, 11) is 0. The first kappa shape index (κ1) is 12.4. The minimum atomic E-state index is -0.466. The molecule has 1 N–H and O–H groups in total. The van der Waals surface area contributed by atoms with E-state index in [1.54, 1.807) is 0 Å². The number of allylic oxidation sites excluding steroid dienone is 2. The Morgan fingerprint density at radius 1 is 1.60 bits per heavy atom. The molecule has 86 valence electrons. The Kier molecular flexibility index (Phi) is 4.52. The van der Waals surface area contributed by atoms with Crippen LogP contribution in [0.3, 0.4) is 0 Å². The molecule has 0 aromatic rings. The van der Waals surface area contributed by atoms with E-state index < -0.39 is 6.10 Å². The van der Waals surface area contributed by atoms with Gasteiger partial charge in [-0.15, -0.1) is 0 Å². The van der Waals surface area contributed by atoms with Crippen molar-refractivity contribution in [1.29, 1.82) is 0 Å². The molecule has 0 aromatic heterocycles. The molecule has 0 aliphatic heterocycles. The molecule has 0 saturated heterocycles. The highest BCUT2D eigenvalue weighted by atomic mass is 16.3. The third-order valence-corrected chi connectivity index (χ3v) is 3.53. The molecule has 1 unspecified atom stereocenters. The highest BCUT2D eigenvalue weighted by Crippen LogP contribution is 2.34. The van der Waals surface area contributed by atoms with Crippen molar-refractivity contribution >= 4 is 5.78 Å². The smallest absolute Gasteiger partial charge is 0.138 e. The number of hydrogen-bond donors (Lipinski definition) is 1. The quantitative estimate of drug-likeness (QED) is 0.724. The van der Waals surface area contributed by atoms with Crippen molar-refractivity contribution in [2.75, 3.05) is 0 Å². The second-order valence-electron chi connectivity index (χ2n) is 4.78. The van der Waals surface area contributed by atoms with Gasteiger partial charge in [-0.25, -0.2) is 0 Å². The lowest BCUT2D eigenvalue weighted by Gasteiger charge is -2.25. The summed E-state index contributed by atoms with van der Waals surface area (Å²) in [5.41, 5.74) is 0. The Hall–Kier alpha value is -0.630. The highest BCUT2D eigenvalue weighted by Gasteiger charge is 2.38. The molecule has 1 rings (SSSR count). The van der Waals surface area contributed by atoms with Crippen LogP contribution >= 0.6 is 0 Å². The van der Waals surface area contributed by atoms with Crippen LogP contribution < -0.4 is 0 Å². The van der Waals surface area contributed by atoms with Gasteiger partial charge in [0.05, 0.1) is 6.10 Å². The number of hydrogen-bond acceptors (Lipinski definition) is 2. The molecule has 1 fully saturated rings. The van der Waals surface area contributed by atoms with Gasteiger partial charge in [0, 0.05) is 12.3 Å². The number of carbonyl (C=O) groups excluding carboxylic acids is 1. The molecule has 0 heterocycles. The van der Waals surface area contributed by atoms with Crippen molar-refractivity contribution in [3.05, 3.63) is 12.2 Å². The number of rotatable bonds is 4. The zero-order valence-corrected chi connectivity index (χ0v) is 9.94. The Labute approximate surface area is 92.4 Å². The van der Waals surface area contributed by atoms with Crippen molar-refractivity contribution in [2.45, 2.75) is 46.1 Å². The normalized spacial score (nSPS) is 31.1. The Morgan fingerprint density at radius 3 is 2.73 bits per heavy atom. The third kappa shape index (κ3) is 2.91. The van der Waals surface area contributed by atoms with Crippen LogP contribution in [0.1, 0.15) is 40.0 Å². The highest BCUT2D eigenvalue weighted by molar-refractivity contribution is 5.83. The third-order valence-electron chi connectivity index (χ3n) is 3.53. The topological polar surface area (TPSA) is 37.3 Å². The van der Waals surface area contributed by atoms with E-state index in [-0.39, 0.29) is 17.6 Å². The maximum absolute atomic E-state index is 11.6. The molecule has 0 amide bonds. The van der Waals surface area contributed by atoms with E-state index in [4.69, 9.17) is 0 Å². The zero-order valence-electron chi connectivity index (χ0n) is 9.94. The van der Waals surface area contributed by atoms with Crippen LogP contribution in [0, 0.1) is 17.8 Å². The predicted molar refractivity (Wildman–Crippen MR) is 61.5 cm³/mol. The lowest BCUT2D eigenvalue weighted by atomic mass is 9.83. The number of aliphatic hydroxyl groups is 1. The molecule has 15 heavy (non-hydrogen) atoms. The summed E-state index contributed by atoms with van der Waals surface area (Å²) in [5, 5.41) is 10.1. The molecular weight excluding hydrogens is 188 g/mol. The molecular formula is C13H22O2. The second kappa shape index (κ2) is 5.45. The van der Waals surface area contributed by atoms with E-state index >= 15 is 0 Å². The van der Waals surface area contributed by atoms with Gasteiger partial charge in [0.2, 0.25) is 0 Å². The minimum absolute atomic E-state index is 0.120. The average Bonchev–Trinajstić information content (AvgIpc) is 2.54. The summed E-state index contributed by atoms with van der Waals surface area (Å²) in [6, 6.07) is 0. The summed E-state index contributed by atoms with van der Waals surface area (Å²) in [4.78, 5) is 11.6. The van der Waals surface area contributed by atoms with Crippen LogP contribution in [0.25, 0.3) is 0 Å². The number of Topliss-reactive ketones (excluding diaryl/α,β-unsaturated/α-hetero) is 1. The molecule has 0 bridgehead atoms. The maximum atomic E-state index is 11.6. The number of carbonyl (C=O) groups is 1. The van der Waals surface area contributed by atoms with Crippen molar-refractivity contribution in [2.24, 2.45) is 17.8 Å². The fourth-order valence-corrected chi connectivity index (χ4v) is 2.40. The van der Waals surface area contributed by atoms with Crippen molar-refractivity contribution < 1.29 is 9.90 Å². The molecule has 2 nitrogen and oxygen atoms in total. The first-order valence-electron chi connectivity index (χ1n) is 5.89. The summed E-state index contributed by atoms with van der Waals surface area (Å²) in [6.45, 7) is 6.06. The summed E-state index contributed by atoms with van der Waals surface area (Å²) >= 11 is 0. The van der Waals surface area contributed by atoms with Crippen molar-refractivity contribution in [1.82, 2.24) is 0 Å². The number of aliphatic hydroxyl groups excluding tert-OH is 1. The van der Waals surface area contributed by atoms with Crippen LogP contribution in [0.2, 0.25) is 0 Å². The van der Waals surface area contributed by atoms with Gasteiger partial charge in [0.15, 0.2) is 0 Å². The van der Waals surface area contributed by atoms with Gasteiger partial charge in [0.25, 0.3) is 0 Å². The largest absolute Gasteiger partial charge is 0.392 e. The van der Waals surface area contributed by atoms with Gasteiger partial charge < -0.3 is 5.11 Å². The van der Waals surface area contributed by atoms with Crippen LogP contribution in [0.15, 0.2) is 12.2 Å². The van der Waals surface area contributed by atoms with Gasteiger partial charge in [-0.05, 0) is 31.6 Å². The Morgan fingerprint density at radius 2 is 2.27 bits per heavy atom. The van der Waals surface area contributed by atoms with Crippen molar-refractivity contribution in [3.8, 4) is 0 Å². The molecule has 0 aromatic carbocycles. The second-order valence-corrected chi connectivity index (χ2v) is 4.78. The lowest BCUT2D eigenvalue weighted by molar-refractivity contribution is -0.125. The van der Waals surface area contributed by atoms with Crippen LogP contribution in [0.4, 0.5) is 0 Å². The van der Waals surface area contributed by atoms with Gasteiger partial charge in [-0.2, -0.15) is 0 Å². The summed E-state index contributed by atoms with van der Waals surface area (Å²) in [5.74, 6) is 0.656. The van der Waals surface area contributed by atoms with E-state index in [0.29, 0.717) is 12.3 Å². The van der Waals surface area contributed by atoms with Crippen molar-refractivity contribution in [3.63, 3.8) is 0 Å². The average molecular weight is 210 g/mol. The molecule has 4 atom stereocenters. The van der Waals surface area contributed by atoms with Gasteiger partial charge in [0.1, 0.15) is 5.78 Å². The maximum Gasteiger partial charge on any atom is 0.138 e. The Bertz CT molecular complexity index is 245. The van der Waals surface area contributed by atoms with E-state index in [9.17, 15) is 9.90 Å². The van der Waals surface area contributed by atoms with E-state index in [1.807, 2.05) is 19.9 Å². The standard InChI is InChI=1S/C13H22O2/c1-4-5-6-10(3)13(15)12-9(2)7-8-11(12)14/h4-5,9-10,12-13,15H,6-8H2,1-3H3/b5-4-/t9?,10-,12-,13-/m1/s1. The molecule has 2 heteroatoms. The molecule has 1 aliphatic carbocycles. The summed E-state index contributed by atoms with van der Waals surface area (Å²) in [6.07, 6.45) is 6.02. The minimum Gasteiger partial charge on any atom is -0.392 e. The van der Waals surface area contributed by atoms with Crippen LogP contribution in [-0.2, 0) is 4.79 Å². The predicted octanol–water partition coefficient (Wildman–Crippen LogP) is 2.56. The van der Waals surface area contributed by atoms with E-state index in [1.165, 1.54) is 0 Å². The monoisotopic (exact) mass is 210 g/mol. The fourth-order valence-electron chi connectivity index (χ4n) is 2.40. The van der Waals surface area contributed by atoms with Crippen LogP contribution in [0.5, 0.6) is 0 Å². The van der Waals surface area contributed by atoms with Gasteiger partial charge in [-0.3, -0.25) is 4.79 Å². The lowest BCUT2D eigenvalue weighted by Crippen LogP contribution is -2.33. The van der Waals surface area contributed by atoms with E-state index in [2.05, 4.69) is 13.0 Å². The molecule has 1 aliphatic rings. The Balaban J connectivity index is 2.58. The first-order valence-corrected chi connectivity index (χ1v) is 5.89. The van der Waals surface area contributed by atoms with E-state index in [0.717, 1.165) is 12.8 Å². The van der Waals surface area contributed by atoms with Gasteiger partial charge >= 0.3 is 0 Å². The summed E-state index contributed by atoms with van der Waals surface area (Å²) < 4.78 is 0. The number of ketones is 1. The first-order chi connectivity index (χ1) is 7.07. The fraction of sp³-hybridized carbons (Fsp3) is 0.769.